The van der Waals surface area contributed by atoms with E-state index in [-0.39, 0.29) is 24.7 Å². The summed E-state index contributed by atoms with van der Waals surface area (Å²) in [5.74, 6) is 0. The van der Waals surface area contributed by atoms with Crippen molar-refractivity contribution in [2.45, 2.75) is 71.8 Å². The fraction of sp³-hybridized carbons (Fsp3) is 0.667. The molecule has 32 heavy (non-hydrogen) atoms. The molecule has 1 saturated heterocycles. The van der Waals surface area contributed by atoms with E-state index in [0.717, 1.165) is 0 Å². The molecule has 3 heterocycles. The van der Waals surface area contributed by atoms with Crippen molar-refractivity contribution in [3.8, 4) is 6.01 Å². The number of carbonyl (C=O) groups is 1. The SMILES string of the molecule is COc1nn2cc(B3OC(C)(C)C(C)(C)O3)cc2c(=O)n1CCN(C)C(=O)OC(C)(C)C. The first kappa shape index (κ1) is 24.1. The van der Waals surface area contributed by atoms with E-state index in [1.165, 1.54) is 21.1 Å². The maximum Gasteiger partial charge on any atom is 0.496 e. The maximum absolute atomic E-state index is 13.2. The van der Waals surface area contributed by atoms with E-state index < -0.39 is 30.0 Å². The van der Waals surface area contributed by atoms with Gasteiger partial charge in [0, 0.05) is 31.8 Å². The van der Waals surface area contributed by atoms with Crippen LogP contribution in [0.3, 0.4) is 0 Å². The quantitative estimate of drug-likeness (QED) is 0.642. The molecule has 0 unspecified atom stereocenters. The van der Waals surface area contributed by atoms with Crippen LogP contribution in [0.4, 0.5) is 4.79 Å². The molecule has 3 rings (SSSR count). The number of carbonyl (C=O) groups excluding carboxylic acids is 1. The summed E-state index contributed by atoms with van der Waals surface area (Å²) in [6, 6.07) is 1.85. The largest absolute Gasteiger partial charge is 0.496 e. The van der Waals surface area contributed by atoms with Gasteiger partial charge >= 0.3 is 19.2 Å². The van der Waals surface area contributed by atoms with Gasteiger partial charge in [-0.25, -0.2) is 9.31 Å². The zero-order valence-electron chi connectivity index (χ0n) is 20.4. The molecule has 0 saturated carbocycles. The first-order valence-corrected chi connectivity index (χ1v) is 10.6. The van der Waals surface area contributed by atoms with Crippen molar-refractivity contribution in [2.24, 2.45) is 0 Å². The molecule has 0 radical (unpaired) electrons. The monoisotopic (exact) mass is 448 g/mol. The van der Waals surface area contributed by atoms with Crippen molar-refractivity contribution >= 4 is 24.2 Å². The molecule has 2 aromatic rings. The normalized spacial score (nSPS) is 17.6. The average molecular weight is 448 g/mol. The molecule has 1 aliphatic rings. The van der Waals surface area contributed by atoms with Crippen molar-refractivity contribution in [1.82, 2.24) is 19.1 Å². The smallest absolute Gasteiger partial charge is 0.467 e. The van der Waals surface area contributed by atoms with Crippen molar-refractivity contribution in [2.75, 3.05) is 20.7 Å². The van der Waals surface area contributed by atoms with Gasteiger partial charge in [-0.3, -0.25) is 9.36 Å². The number of aromatic nitrogens is 3. The fourth-order valence-corrected chi connectivity index (χ4v) is 3.22. The summed E-state index contributed by atoms with van der Waals surface area (Å²) in [7, 11) is 2.45. The van der Waals surface area contributed by atoms with Gasteiger partial charge in [0.25, 0.3) is 5.56 Å². The molecule has 2 aromatic heterocycles. The summed E-state index contributed by atoms with van der Waals surface area (Å²) >= 11 is 0. The van der Waals surface area contributed by atoms with Crippen molar-refractivity contribution in [3.05, 3.63) is 22.6 Å². The highest BCUT2D eigenvalue weighted by atomic mass is 16.7. The Morgan fingerprint density at radius 1 is 1.22 bits per heavy atom. The van der Waals surface area contributed by atoms with Gasteiger partial charge in [0.15, 0.2) is 0 Å². The minimum atomic E-state index is -0.612. The number of hydrogen-bond donors (Lipinski definition) is 0. The van der Waals surface area contributed by atoms with Crippen LogP contribution in [-0.2, 0) is 20.6 Å². The second kappa shape index (κ2) is 8.11. The maximum atomic E-state index is 13.2. The van der Waals surface area contributed by atoms with E-state index in [2.05, 4.69) is 5.10 Å². The zero-order valence-corrected chi connectivity index (χ0v) is 20.4. The molecule has 1 amide bonds. The summed E-state index contributed by atoms with van der Waals surface area (Å²) in [5, 5.41) is 4.41. The van der Waals surface area contributed by atoms with Gasteiger partial charge in [0.05, 0.1) is 18.3 Å². The predicted molar refractivity (Wildman–Crippen MR) is 121 cm³/mol. The Balaban J connectivity index is 1.87. The Hall–Kier alpha value is -2.53. The lowest BCUT2D eigenvalue weighted by atomic mass is 9.81. The molecule has 10 nitrogen and oxygen atoms in total. The third-order valence-electron chi connectivity index (χ3n) is 5.78. The minimum absolute atomic E-state index is 0.135. The van der Waals surface area contributed by atoms with Gasteiger partial charge in [0.1, 0.15) is 11.1 Å². The van der Waals surface area contributed by atoms with Gasteiger partial charge in [-0.15, -0.1) is 5.10 Å². The number of hydrogen-bond acceptors (Lipinski definition) is 7. The number of rotatable bonds is 5. The van der Waals surface area contributed by atoms with E-state index >= 15 is 0 Å². The van der Waals surface area contributed by atoms with Crippen LogP contribution in [0.5, 0.6) is 6.01 Å². The fourth-order valence-electron chi connectivity index (χ4n) is 3.22. The summed E-state index contributed by atoms with van der Waals surface area (Å²) in [6.07, 6.45) is 1.24. The molecule has 176 valence electrons. The lowest BCUT2D eigenvalue weighted by molar-refractivity contribution is 0.00578. The molecule has 11 heteroatoms. The molecule has 1 fully saturated rings. The molecule has 1 aliphatic heterocycles. The molecule has 0 spiro atoms. The standard InChI is InChI=1S/C21H33BN4O6/c1-19(2,3)30-18(28)24(8)10-11-25-16(27)15-12-14(13-26(15)23-17(25)29-9)22-31-20(4,5)21(6,7)32-22/h12-13H,10-11H2,1-9H3. The number of methoxy groups -OCH3 is 1. The van der Waals surface area contributed by atoms with Crippen LogP contribution in [0.2, 0.25) is 0 Å². The minimum Gasteiger partial charge on any atom is -0.467 e. The van der Waals surface area contributed by atoms with Crippen LogP contribution in [-0.4, -0.2) is 69.8 Å². The van der Waals surface area contributed by atoms with Crippen molar-refractivity contribution in [3.63, 3.8) is 0 Å². The van der Waals surface area contributed by atoms with Gasteiger partial charge in [-0.1, -0.05) is 0 Å². The van der Waals surface area contributed by atoms with Crippen molar-refractivity contribution in [1.29, 1.82) is 0 Å². The Morgan fingerprint density at radius 2 is 1.81 bits per heavy atom. The number of fused-ring (bicyclic) bond motifs is 1. The zero-order chi connectivity index (χ0) is 24.1. The van der Waals surface area contributed by atoms with Gasteiger partial charge < -0.3 is 23.7 Å². The van der Waals surface area contributed by atoms with E-state index in [1.807, 2.05) is 27.7 Å². The van der Waals surface area contributed by atoms with Gasteiger partial charge in [-0.2, -0.15) is 0 Å². The topological polar surface area (TPSA) is 96.5 Å². The highest BCUT2D eigenvalue weighted by Gasteiger charge is 2.52. The van der Waals surface area contributed by atoms with E-state index in [4.69, 9.17) is 18.8 Å². The number of ether oxygens (including phenoxy) is 2. The molecule has 0 aliphatic carbocycles. The summed E-state index contributed by atoms with van der Waals surface area (Å²) in [4.78, 5) is 26.8. The van der Waals surface area contributed by atoms with E-state index in [1.54, 1.807) is 40.1 Å². The van der Waals surface area contributed by atoms with Gasteiger partial charge in [0.2, 0.25) is 0 Å². The Labute approximate surface area is 188 Å². The van der Waals surface area contributed by atoms with Crippen LogP contribution in [0.15, 0.2) is 17.1 Å². The van der Waals surface area contributed by atoms with Crippen LogP contribution in [0.1, 0.15) is 48.5 Å². The lowest BCUT2D eigenvalue weighted by Gasteiger charge is -2.32. The number of amides is 1. The summed E-state index contributed by atoms with van der Waals surface area (Å²) < 4.78 is 25.7. The third kappa shape index (κ3) is 4.63. The molecule has 0 atom stereocenters. The first-order chi connectivity index (χ1) is 14.6. The Morgan fingerprint density at radius 3 is 2.34 bits per heavy atom. The second-order valence-corrected chi connectivity index (χ2v) is 10.0. The van der Waals surface area contributed by atoms with Crippen molar-refractivity contribution < 1.29 is 23.6 Å². The molecule has 0 aromatic carbocycles. The van der Waals surface area contributed by atoms with E-state index in [0.29, 0.717) is 11.0 Å². The lowest BCUT2D eigenvalue weighted by Crippen LogP contribution is -2.41. The van der Waals surface area contributed by atoms with Crippen LogP contribution in [0.25, 0.3) is 5.52 Å². The van der Waals surface area contributed by atoms with Crippen LogP contribution >= 0.6 is 0 Å². The summed E-state index contributed by atoms with van der Waals surface area (Å²) in [6.45, 7) is 13.7. The van der Waals surface area contributed by atoms with Crippen LogP contribution < -0.4 is 15.8 Å². The molecule has 0 N–H and O–H groups in total. The molecule has 0 bridgehead atoms. The first-order valence-electron chi connectivity index (χ1n) is 10.6. The summed E-state index contributed by atoms with van der Waals surface area (Å²) in [5.41, 5.74) is -0.838. The van der Waals surface area contributed by atoms with Gasteiger partial charge in [-0.05, 0) is 54.5 Å². The highest BCUT2D eigenvalue weighted by molar-refractivity contribution is 6.62. The average Bonchev–Trinajstić information content (AvgIpc) is 3.17. The van der Waals surface area contributed by atoms with Crippen LogP contribution in [0, 0.1) is 0 Å². The Bertz CT molecular complexity index is 1050. The van der Waals surface area contributed by atoms with E-state index in [9.17, 15) is 9.59 Å². The second-order valence-electron chi connectivity index (χ2n) is 10.0. The highest BCUT2D eigenvalue weighted by Crippen LogP contribution is 2.36. The third-order valence-corrected chi connectivity index (χ3v) is 5.78. The number of likely N-dealkylation sites (N-methyl/N-ethyl adjacent to an activating group) is 1. The number of nitrogens with zero attached hydrogens (tertiary/aromatic N) is 4. The molecular weight excluding hydrogens is 415 g/mol. The predicted octanol–water partition coefficient (Wildman–Crippen LogP) is 1.67. The molecular formula is C21H33BN4O6. The Kier molecular flexibility index (Phi) is 6.12.